The number of carbonyl (C=O) groups excluding carboxylic acids is 1. The van der Waals surface area contributed by atoms with Crippen LogP contribution in [0.25, 0.3) is 0 Å². The molecule has 1 aromatic heterocycles. The highest BCUT2D eigenvalue weighted by Gasteiger charge is 2.22. The summed E-state index contributed by atoms with van der Waals surface area (Å²) in [7, 11) is 1.67. The standard InChI is InChI=1S/C25H28N4O3S/c1-16-7-6-8-17(2)23(16)27-22(30)15-33-25-26-20-11-12-29(14-19(20)24(31)28-25)13-18-9-4-5-10-21(18)32-3/h4-10H,11-15H2,1-3H3,(H,27,30)(H,26,28,31). The van der Waals surface area contributed by atoms with Crippen LogP contribution in [0.2, 0.25) is 0 Å². The van der Waals surface area contributed by atoms with E-state index in [2.05, 4.69) is 20.2 Å². The fraction of sp³-hybridized carbons (Fsp3) is 0.320. The molecule has 172 valence electrons. The summed E-state index contributed by atoms with van der Waals surface area (Å²) < 4.78 is 5.45. The fourth-order valence-corrected chi connectivity index (χ4v) is 4.74. The van der Waals surface area contributed by atoms with Gasteiger partial charge in [-0.05, 0) is 31.0 Å². The molecule has 2 N–H and O–H groups in total. The molecular formula is C25H28N4O3S. The number of hydrogen-bond acceptors (Lipinski definition) is 6. The molecule has 0 fully saturated rings. The Balaban J connectivity index is 1.40. The third kappa shape index (κ3) is 5.46. The summed E-state index contributed by atoms with van der Waals surface area (Å²) in [6.45, 7) is 5.98. The normalized spacial score (nSPS) is 13.4. The molecule has 0 unspecified atom stereocenters. The topological polar surface area (TPSA) is 87.3 Å². The maximum atomic E-state index is 12.8. The average molecular weight is 465 g/mol. The largest absolute Gasteiger partial charge is 0.496 e. The molecule has 4 rings (SSSR count). The Bertz CT molecular complexity index is 1200. The zero-order valence-electron chi connectivity index (χ0n) is 19.1. The number of aromatic amines is 1. The second-order valence-electron chi connectivity index (χ2n) is 8.17. The SMILES string of the molecule is COc1ccccc1CN1CCc2nc(SCC(=O)Nc3c(C)cccc3C)[nH]c(=O)c2C1. The molecule has 3 aromatic rings. The van der Waals surface area contributed by atoms with E-state index in [1.165, 1.54) is 11.8 Å². The number of nitrogens with zero attached hydrogens (tertiary/aromatic N) is 2. The Morgan fingerprint density at radius 3 is 2.70 bits per heavy atom. The summed E-state index contributed by atoms with van der Waals surface area (Å²) in [5, 5.41) is 3.45. The van der Waals surface area contributed by atoms with Crippen LogP contribution < -0.4 is 15.6 Å². The van der Waals surface area contributed by atoms with Gasteiger partial charge < -0.3 is 15.0 Å². The first-order chi connectivity index (χ1) is 15.9. The number of hydrogen-bond donors (Lipinski definition) is 2. The van der Waals surface area contributed by atoms with Gasteiger partial charge in [-0.1, -0.05) is 48.2 Å². The Morgan fingerprint density at radius 1 is 1.18 bits per heavy atom. The first-order valence-corrected chi connectivity index (χ1v) is 11.9. The zero-order valence-corrected chi connectivity index (χ0v) is 19.9. The van der Waals surface area contributed by atoms with Gasteiger partial charge in [0.2, 0.25) is 5.91 Å². The highest BCUT2D eigenvalue weighted by Crippen LogP contribution is 2.24. The van der Waals surface area contributed by atoms with Gasteiger partial charge >= 0.3 is 0 Å². The predicted molar refractivity (Wildman–Crippen MR) is 131 cm³/mol. The quantitative estimate of drug-likeness (QED) is 0.410. The third-order valence-corrected chi connectivity index (χ3v) is 6.67. The number of amides is 1. The molecule has 0 bridgehead atoms. The maximum absolute atomic E-state index is 12.8. The van der Waals surface area contributed by atoms with E-state index in [1.54, 1.807) is 7.11 Å². The molecule has 2 heterocycles. The lowest BCUT2D eigenvalue weighted by atomic mass is 10.1. The molecule has 0 aliphatic carbocycles. The van der Waals surface area contributed by atoms with Crippen molar-refractivity contribution < 1.29 is 9.53 Å². The summed E-state index contributed by atoms with van der Waals surface area (Å²) in [6, 6.07) is 13.8. The summed E-state index contributed by atoms with van der Waals surface area (Å²) in [4.78, 5) is 34.9. The number of nitrogens with one attached hydrogen (secondary N) is 2. The van der Waals surface area contributed by atoms with Crippen molar-refractivity contribution in [3.05, 3.63) is 80.8 Å². The summed E-state index contributed by atoms with van der Waals surface area (Å²) >= 11 is 1.25. The van der Waals surface area contributed by atoms with Crippen molar-refractivity contribution in [2.45, 2.75) is 38.5 Å². The fourth-order valence-electron chi connectivity index (χ4n) is 4.06. The average Bonchev–Trinajstić information content (AvgIpc) is 2.81. The van der Waals surface area contributed by atoms with Crippen molar-refractivity contribution in [1.29, 1.82) is 0 Å². The minimum absolute atomic E-state index is 0.124. The number of thioether (sulfide) groups is 1. The van der Waals surface area contributed by atoms with Crippen LogP contribution in [-0.4, -0.2) is 40.2 Å². The Morgan fingerprint density at radius 2 is 1.94 bits per heavy atom. The van der Waals surface area contributed by atoms with Crippen LogP contribution in [0.3, 0.4) is 0 Å². The number of ether oxygens (including phenoxy) is 1. The summed E-state index contributed by atoms with van der Waals surface area (Å²) in [5.41, 5.74) is 5.34. The highest BCUT2D eigenvalue weighted by atomic mass is 32.2. The number of anilines is 1. The van der Waals surface area contributed by atoms with Gasteiger partial charge in [0.25, 0.3) is 5.56 Å². The molecule has 0 atom stereocenters. The van der Waals surface area contributed by atoms with Gasteiger partial charge in [0.05, 0.1) is 24.1 Å². The van der Waals surface area contributed by atoms with Gasteiger partial charge in [-0.3, -0.25) is 14.5 Å². The van der Waals surface area contributed by atoms with Crippen LogP contribution in [-0.2, 0) is 24.3 Å². The van der Waals surface area contributed by atoms with E-state index in [0.29, 0.717) is 30.2 Å². The van der Waals surface area contributed by atoms with Crippen LogP contribution in [0, 0.1) is 13.8 Å². The van der Waals surface area contributed by atoms with Crippen molar-refractivity contribution in [2.75, 3.05) is 24.7 Å². The van der Waals surface area contributed by atoms with E-state index in [4.69, 9.17) is 4.74 Å². The van der Waals surface area contributed by atoms with Gasteiger partial charge in [-0.15, -0.1) is 0 Å². The van der Waals surface area contributed by atoms with Crippen LogP contribution in [0.1, 0.15) is 27.9 Å². The Labute approximate surface area is 197 Å². The minimum Gasteiger partial charge on any atom is -0.496 e. The summed E-state index contributed by atoms with van der Waals surface area (Å²) in [6.07, 6.45) is 0.691. The number of methoxy groups -OCH3 is 1. The molecule has 1 aliphatic rings. The van der Waals surface area contributed by atoms with Crippen molar-refractivity contribution in [3.8, 4) is 5.75 Å². The summed E-state index contributed by atoms with van der Waals surface area (Å²) in [5.74, 6) is 0.900. The van der Waals surface area contributed by atoms with Crippen LogP contribution in [0.4, 0.5) is 5.69 Å². The van der Waals surface area contributed by atoms with Gasteiger partial charge in [0, 0.05) is 37.3 Å². The molecule has 2 aromatic carbocycles. The van der Waals surface area contributed by atoms with E-state index < -0.39 is 0 Å². The molecule has 33 heavy (non-hydrogen) atoms. The maximum Gasteiger partial charge on any atom is 0.256 e. The van der Waals surface area contributed by atoms with Gasteiger partial charge in [0.15, 0.2) is 5.16 Å². The van der Waals surface area contributed by atoms with Crippen molar-refractivity contribution in [2.24, 2.45) is 0 Å². The molecule has 0 saturated heterocycles. The first kappa shape index (κ1) is 23.1. The molecule has 0 saturated carbocycles. The van der Waals surface area contributed by atoms with Crippen LogP contribution in [0.15, 0.2) is 52.4 Å². The lowest BCUT2D eigenvalue weighted by molar-refractivity contribution is -0.113. The monoisotopic (exact) mass is 464 g/mol. The number of aryl methyl sites for hydroxylation is 2. The van der Waals surface area contributed by atoms with Gasteiger partial charge in [-0.2, -0.15) is 0 Å². The van der Waals surface area contributed by atoms with E-state index >= 15 is 0 Å². The molecule has 7 nitrogen and oxygen atoms in total. The predicted octanol–water partition coefficient (Wildman–Crippen LogP) is 3.68. The molecule has 1 aliphatic heterocycles. The minimum atomic E-state index is -0.137. The smallest absolute Gasteiger partial charge is 0.256 e. The molecule has 8 heteroatoms. The number of rotatable bonds is 7. The van der Waals surface area contributed by atoms with Gasteiger partial charge in [-0.25, -0.2) is 4.98 Å². The van der Waals surface area contributed by atoms with Crippen LogP contribution >= 0.6 is 11.8 Å². The zero-order chi connectivity index (χ0) is 23.4. The van der Waals surface area contributed by atoms with Crippen LogP contribution in [0.5, 0.6) is 5.75 Å². The van der Waals surface area contributed by atoms with Gasteiger partial charge in [0.1, 0.15) is 5.75 Å². The molecule has 1 amide bonds. The second kappa shape index (κ2) is 10.2. The number of carbonyl (C=O) groups is 1. The first-order valence-electron chi connectivity index (χ1n) is 10.9. The van der Waals surface area contributed by atoms with E-state index in [-0.39, 0.29) is 17.2 Å². The molecule has 0 spiro atoms. The van der Waals surface area contributed by atoms with E-state index in [0.717, 1.165) is 40.4 Å². The van der Waals surface area contributed by atoms with Crippen molar-refractivity contribution in [3.63, 3.8) is 0 Å². The third-order valence-electron chi connectivity index (χ3n) is 5.80. The van der Waals surface area contributed by atoms with E-state index in [9.17, 15) is 9.59 Å². The second-order valence-corrected chi connectivity index (χ2v) is 9.14. The van der Waals surface area contributed by atoms with Crippen molar-refractivity contribution in [1.82, 2.24) is 14.9 Å². The Hall–Kier alpha value is -3.10. The molecular weight excluding hydrogens is 436 g/mol. The number of aromatic nitrogens is 2. The number of para-hydroxylation sites is 2. The van der Waals surface area contributed by atoms with E-state index in [1.807, 2.05) is 56.3 Å². The lowest BCUT2D eigenvalue weighted by Crippen LogP contribution is -2.35. The number of benzene rings is 2. The highest BCUT2D eigenvalue weighted by molar-refractivity contribution is 7.99. The molecule has 0 radical (unpaired) electrons. The lowest BCUT2D eigenvalue weighted by Gasteiger charge is -2.28. The number of fused-ring (bicyclic) bond motifs is 1. The van der Waals surface area contributed by atoms with Crippen molar-refractivity contribution >= 4 is 23.4 Å². The number of H-pyrrole nitrogens is 1. The Kier molecular flexibility index (Phi) is 7.15.